The fourth-order valence-corrected chi connectivity index (χ4v) is 4.29. The lowest BCUT2D eigenvalue weighted by atomic mass is 10.2. The maximum absolute atomic E-state index is 12.4. The Hall–Kier alpha value is -3.14. The smallest absolute Gasteiger partial charge is 0.250 e. The molecule has 0 atom stereocenters. The number of methoxy groups -OCH3 is 1. The highest BCUT2D eigenvalue weighted by molar-refractivity contribution is 9.10. The molecular formula is C24H19BrClN5O2S. The summed E-state index contributed by atoms with van der Waals surface area (Å²) in [6.45, 7) is 0. The van der Waals surface area contributed by atoms with E-state index < -0.39 is 0 Å². The maximum Gasteiger partial charge on any atom is 0.250 e. The van der Waals surface area contributed by atoms with Gasteiger partial charge in [0.05, 0.1) is 19.1 Å². The van der Waals surface area contributed by atoms with Crippen LogP contribution in [0, 0.1) is 0 Å². The normalized spacial score (nSPS) is 11.0. The highest BCUT2D eigenvalue weighted by atomic mass is 79.9. The number of carbonyl (C=O) groups excluding carboxylic acids is 1. The molecule has 1 aromatic heterocycles. The van der Waals surface area contributed by atoms with Gasteiger partial charge in [0.25, 0.3) is 5.91 Å². The van der Waals surface area contributed by atoms with Crippen molar-refractivity contribution in [2.24, 2.45) is 5.10 Å². The van der Waals surface area contributed by atoms with Crippen LogP contribution in [-0.2, 0) is 4.79 Å². The number of ether oxygens (including phenoxy) is 1. The molecule has 0 saturated carbocycles. The second-order valence-corrected chi connectivity index (χ2v) is 9.18. The minimum Gasteiger partial charge on any atom is -0.497 e. The first-order chi connectivity index (χ1) is 16.5. The third-order valence-corrected chi connectivity index (χ3v) is 6.60. The van der Waals surface area contributed by atoms with Gasteiger partial charge in [-0.15, -0.1) is 10.2 Å². The van der Waals surface area contributed by atoms with Crippen molar-refractivity contribution in [3.05, 3.63) is 87.9 Å². The van der Waals surface area contributed by atoms with Gasteiger partial charge in [-0.3, -0.25) is 9.36 Å². The molecule has 0 spiro atoms. The van der Waals surface area contributed by atoms with E-state index in [4.69, 9.17) is 16.3 Å². The summed E-state index contributed by atoms with van der Waals surface area (Å²) < 4.78 is 8.03. The number of hydrogen-bond donors (Lipinski definition) is 1. The van der Waals surface area contributed by atoms with Crippen molar-refractivity contribution in [1.82, 2.24) is 20.2 Å². The average Bonchev–Trinajstić information content (AvgIpc) is 3.28. The van der Waals surface area contributed by atoms with E-state index in [9.17, 15) is 4.79 Å². The number of benzene rings is 3. The Bertz CT molecular complexity index is 1310. The van der Waals surface area contributed by atoms with Crippen LogP contribution in [0.5, 0.6) is 5.75 Å². The number of nitrogens with zero attached hydrogens (tertiary/aromatic N) is 4. The third-order valence-electron chi connectivity index (χ3n) is 4.70. The molecule has 172 valence electrons. The topological polar surface area (TPSA) is 81.4 Å². The van der Waals surface area contributed by atoms with Crippen molar-refractivity contribution in [1.29, 1.82) is 0 Å². The number of thioether (sulfide) groups is 1. The van der Waals surface area contributed by atoms with Crippen molar-refractivity contribution in [3.8, 4) is 22.8 Å². The van der Waals surface area contributed by atoms with Crippen molar-refractivity contribution in [2.45, 2.75) is 5.16 Å². The predicted octanol–water partition coefficient (Wildman–Crippen LogP) is 5.60. The van der Waals surface area contributed by atoms with E-state index in [0.717, 1.165) is 27.0 Å². The summed E-state index contributed by atoms with van der Waals surface area (Å²) in [6.07, 6.45) is 1.59. The van der Waals surface area contributed by atoms with E-state index in [1.165, 1.54) is 11.8 Å². The number of hydrogen-bond acceptors (Lipinski definition) is 6. The molecule has 4 aromatic rings. The zero-order valence-electron chi connectivity index (χ0n) is 18.0. The lowest BCUT2D eigenvalue weighted by molar-refractivity contribution is -0.118. The Morgan fingerprint density at radius 1 is 1.12 bits per heavy atom. The molecule has 0 aliphatic heterocycles. The van der Waals surface area contributed by atoms with E-state index in [2.05, 4.69) is 36.7 Å². The number of rotatable bonds is 8. The summed E-state index contributed by atoms with van der Waals surface area (Å²) in [5, 5.41) is 13.9. The van der Waals surface area contributed by atoms with Gasteiger partial charge in [0.2, 0.25) is 0 Å². The molecular weight excluding hydrogens is 538 g/mol. The largest absolute Gasteiger partial charge is 0.497 e. The first-order valence-electron chi connectivity index (χ1n) is 10.1. The first-order valence-corrected chi connectivity index (χ1v) is 12.3. The van der Waals surface area contributed by atoms with Crippen molar-refractivity contribution in [2.75, 3.05) is 12.9 Å². The van der Waals surface area contributed by atoms with Crippen LogP contribution in [0.3, 0.4) is 0 Å². The molecule has 7 nitrogen and oxygen atoms in total. The fourth-order valence-electron chi connectivity index (χ4n) is 3.03. The van der Waals surface area contributed by atoms with Crippen LogP contribution >= 0.6 is 39.3 Å². The second kappa shape index (κ2) is 11.3. The highest BCUT2D eigenvalue weighted by Gasteiger charge is 2.17. The predicted molar refractivity (Wildman–Crippen MR) is 139 cm³/mol. The Labute approximate surface area is 214 Å². The van der Waals surface area contributed by atoms with Gasteiger partial charge in [0, 0.05) is 26.3 Å². The molecule has 0 fully saturated rings. The molecule has 3 aromatic carbocycles. The van der Waals surface area contributed by atoms with Crippen molar-refractivity contribution < 1.29 is 9.53 Å². The van der Waals surface area contributed by atoms with Gasteiger partial charge in [-0.1, -0.05) is 57.5 Å². The van der Waals surface area contributed by atoms with Gasteiger partial charge < -0.3 is 4.74 Å². The number of halogens is 2. The lowest BCUT2D eigenvalue weighted by Gasteiger charge is -2.11. The Kier molecular flexibility index (Phi) is 7.99. The molecule has 1 heterocycles. The van der Waals surface area contributed by atoms with Crippen LogP contribution < -0.4 is 10.2 Å². The summed E-state index contributed by atoms with van der Waals surface area (Å²) in [5.74, 6) is 1.24. The zero-order valence-corrected chi connectivity index (χ0v) is 21.1. The third kappa shape index (κ3) is 5.85. The average molecular weight is 557 g/mol. The molecule has 0 bridgehead atoms. The van der Waals surface area contributed by atoms with Crippen LogP contribution in [-0.4, -0.2) is 39.7 Å². The van der Waals surface area contributed by atoms with Crippen LogP contribution in [0.25, 0.3) is 17.1 Å². The number of aromatic nitrogens is 3. The minimum absolute atomic E-state index is 0.113. The first kappa shape index (κ1) is 24.0. The van der Waals surface area contributed by atoms with Crippen molar-refractivity contribution in [3.63, 3.8) is 0 Å². The summed E-state index contributed by atoms with van der Waals surface area (Å²) in [6, 6.07) is 22.5. The second-order valence-electron chi connectivity index (χ2n) is 6.95. The van der Waals surface area contributed by atoms with E-state index in [0.29, 0.717) is 16.0 Å². The van der Waals surface area contributed by atoms with Crippen LogP contribution in [0.4, 0.5) is 0 Å². The number of amides is 1. The molecule has 0 aliphatic rings. The van der Waals surface area contributed by atoms with Gasteiger partial charge in [-0.2, -0.15) is 5.10 Å². The van der Waals surface area contributed by atoms with E-state index in [1.54, 1.807) is 25.5 Å². The Balaban J connectivity index is 1.53. The quantitative estimate of drug-likeness (QED) is 0.174. The number of hydrazone groups is 1. The highest BCUT2D eigenvalue weighted by Crippen LogP contribution is 2.29. The van der Waals surface area contributed by atoms with Gasteiger partial charge >= 0.3 is 0 Å². The van der Waals surface area contributed by atoms with E-state index in [1.807, 2.05) is 65.2 Å². The summed E-state index contributed by atoms with van der Waals surface area (Å²) in [7, 11) is 1.62. The number of nitrogens with one attached hydrogen (secondary N) is 1. The standard InChI is InChI=1S/C24H19BrClN5O2S/c1-33-20-12-6-16(7-13-20)23-29-30-24(31(23)19-10-8-18(26)9-11-19)34-15-22(32)28-27-14-17-4-2-3-5-21(17)25/h2-14H,15H2,1H3,(H,28,32). The summed E-state index contributed by atoms with van der Waals surface area (Å²) in [5.41, 5.74) is 5.10. The molecule has 0 aliphatic carbocycles. The molecule has 4 rings (SSSR count). The molecule has 10 heteroatoms. The molecule has 1 N–H and O–H groups in total. The Morgan fingerprint density at radius 3 is 2.56 bits per heavy atom. The monoisotopic (exact) mass is 555 g/mol. The van der Waals surface area contributed by atoms with E-state index >= 15 is 0 Å². The fraction of sp³-hybridized carbons (Fsp3) is 0.0833. The summed E-state index contributed by atoms with van der Waals surface area (Å²) in [4.78, 5) is 12.4. The lowest BCUT2D eigenvalue weighted by Crippen LogP contribution is -2.20. The minimum atomic E-state index is -0.259. The van der Waals surface area contributed by atoms with Gasteiger partial charge in [0.15, 0.2) is 11.0 Å². The van der Waals surface area contributed by atoms with Gasteiger partial charge in [-0.25, -0.2) is 5.43 Å². The Morgan fingerprint density at radius 2 is 1.85 bits per heavy atom. The van der Waals surface area contributed by atoms with Crippen LogP contribution in [0.2, 0.25) is 5.02 Å². The molecule has 34 heavy (non-hydrogen) atoms. The van der Waals surface area contributed by atoms with Gasteiger partial charge in [-0.05, 0) is 54.6 Å². The molecule has 0 saturated heterocycles. The zero-order chi connectivity index (χ0) is 23.9. The SMILES string of the molecule is COc1ccc(-c2nnc(SCC(=O)NN=Cc3ccccc3Br)n2-c2ccc(Cl)cc2)cc1. The number of carbonyl (C=O) groups is 1. The van der Waals surface area contributed by atoms with E-state index in [-0.39, 0.29) is 11.7 Å². The molecule has 0 unspecified atom stereocenters. The molecule has 1 amide bonds. The van der Waals surface area contributed by atoms with Crippen LogP contribution in [0.1, 0.15) is 5.56 Å². The molecule has 0 radical (unpaired) electrons. The van der Waals surface area contributed by atoms with Gasteiger partial charge in [0.1, 0.15) is 5.75 Å². The summed E-state index contributed by atoms with van der Waals surface area (Å²) >= 11 is 10.8. The van der Waals surface area contributed by atoms with Crippen molar-refractivity contribution >= 4 is 51.4 Å². The maximum atomic E-state index is 12.4. The van der Waals surface area contributed by atoms with Crippen LogP contribution in [0.15, 0.2) is 87.5 Å².